The van der Waals surface area contributed by atoms with E-state index in [4.69, 9.17) is 9.63 Å². The van der Waals surface area contributed by atoms with E-state index in [0.29, 0.717) is 11.3 Å². The molecule has 2 N–H and O–H groups in total. The third kappa shape index (κ3) is 3.77. The van der Waals surface area contributed by atoms with Crippen LogP contribution in [0.25, 0.3) is 6.08 Å². The molecule has 0 bridgehead atoms. The number of carbonyl (C=O) groups is 2. The summed E-state index contributed by atoms with van der Waals surface area (Å²) in [7, 11) is 0. The molecule has 0 saturated heterocycles. The van der Waals surface area contributed by atoms with Gasteiger partial charge in [-0.05, 0) is 17.7 Å². The summed E-state index contributed by atoms with van der Waals surface area (Å²) in [5.41, 5.74) is 0.830. The smallest absolute Gasteiger partial charge is 0.328 e. The number of hydrogen-bond acceptors (Lipinski definition) is 5. The maximum atomic E-state index is 11.8. The van der Waals surface area contributed by atoms with E-state index in [1.807, 2.05) is 0 Å². The van der Waals surface area contributed by atoms with Gasteiger partial charge in [-0.3, -0.25) is 9.78 Å². The Morgan fingerprint density at radius 1 is 1.35 bits per heavy atom. The Labute approximate surface area is 113 Å². The Bertz CT molecular complexity index is 618. The highest BCUT2D eigenvalue weighted by molar-refractivity contribution is 5.92. The number of hydrogen-bond donors (Lipinski definition) is 2. The molecule has 0 aliphatic rings. The lowest BCUT2D eigenvalue weighted by Gasteiger charge is -2.02. The monoisotopic (exact) mass is 273 g/mol. The second-order valence-corrected chi connectivity index (χ2v) is 3.81. The summed E-state index contributed by atoms with van der Waals surface area (Å²) < 4.78 is 4.84. The fraction of sp³-hybridized carbons (Fsp3) is 0.0769. The Morgan fingerprint density at radius 2 is 2.20 bits per heavy atom. The number of nitrogens with zero attached hydrogens (tertiary/aromatic N) is 2. The molecule has 2 rings (SSSR count). The molecule has 0 radical (unpaired) electrons. The first kappa shape index (κ1) is 13.5. The molecular weight excluding hydrogens is 262 g/mol. The standard InChI is InChI=1S/C13H11N3O4/c17-12(18)4-2-9-1-3-11(14-7-9)13(19)15-8-10-5-6-16-20-10/h1-7H,8H2,(H,15,19)(H,17,18)/b4-2+. The fourth-order valence-corrected chi connectivity index (χ4v) is 1.40. The number of pyridine rings is 1. The summed E-state index contributed by atoms with van der Waals surface area (Å²) in [5.74, 6) is -0.853. The summed E-state index contributed by atoms with van der Waals surface area (Å²) >= 11 is 0. The maximum absolute atomic E-state index is 11.8. The number of carboxylic acids is 1. The molecule has 0 atom stereocenters. The normalized spacial score (nSPS) is 10.6. The number of nitrogens with one attached hydrogen (secondary N) is 1. The lowest BCUT2D eigenvalue weighted by Crippen LogP contribution is -2.23. The highest BCUT2D eigenvalue weighted by Crippen LogP contribution is 2.03. The average molecular weight is 273 g/mol. The van der Waals surface area contributed by atoms with Crippen molar-refractivity contribution in [2.75, 3.05) is 0 Å². The number of aliphatic carboxylic acids is 1. The van der Waals surface area contributed by atoms with Crippen LogP contribution in [0.3, 0.4) is 0 Å². The number of carboxylic acid groups (broad SMARTS) is 1. The van der Waals surface area contributed by atoms with Gasteiger partial charge < -0.3 is 14.9 Å². The zero-order chi connectivity index (χ0) is 14.4. The number of amides is 1. The summed E-state index contributed by atoms with van der Waals surface area (Å²) in [6.45, 7) is 0.223. The van der Waals surface area contributed by atoms with Gasteiger partial charge >= 0.3 is 5.97 Å². The van der Waals surface area contributed by atoms with Gasteiger partial charge in [0, 0.05) is 18.3 Å². The zero-order valence-corrected chi connectivity index (χ0v) is 10.3. The third-order valence-corrected chi connectivity index (χ3v) is 2.35. The minimum absolute atomic E-state index is 0.223. The minimum atomic E-state index is -1.04. The van der Waals surface area contributed by atoms with Crippen LogP contribution in [0.1, 0.15) is 21.8 Å². The molecule has 0 unspecified atom stereocenters. The van der Waals surface area contributed by atoms with E-state index in [1.54, 1.807) is 12.1 Å². The Kier molecular flexibility index (Phi) is 4.23. The van der Waals surface area contributed by atoms with Gasteiger partial charge in [-0.1, -0.05) is 11.2 Å². The van der Waals surface area contributed by atoms with Gasteiger partial charge in [0.25, 0.3) is 5.91 Å². The molecule has 20 heavy (non-hydrogen) atoms. The number of rotatable bonds is 5. The van der Waals surface area contributed by atoms with Crippen LogP contribution in [0.2, 0.25) is 0 Å². The molecule has 0 fully saturated rings. The van der Waals surface area contributed by atoms with Crippen molar-refractivity contribution >= 4 is 18.0 Å². The van der Waals surface area contributed by atoms with E-state index >= 15 is 0 Å². The molecule has 0 spiro atoms. The molecule has 1 amide bonds. The van der Waals surface area contributed by atoms with Crippen LogP contribution >= 0.6 is 0 Å². The molecule has 102 valence electrons. The molecular formula is C13H11N3O4. The van der Waals surface area contributed by atoms with Crippen LogP contribution in [0.4, 0.5) is 0 Å². The predicted molar refractivity (Wildman–Crippen MR) is 68.6 cm³/mol. The van der Waals surface area contributed by atoms with Gasteiger partial charge in [-0.25, -0.2) is 4.79 Å². The molecule has 0 saturated carbocycles. The quantitative estimate of drug-likeness (QED) is 0.790. The largest absolute Gasteiger partial charge is 0.478 e. The molecule has 0 aromatic carbocycles. The minimum Gasteiger partial charge on any atom is -0.478 e. The van der Waals surface area contributed by atoms with Gasteiger partial charge in [0.2, 0.25) is 0 Å². The molecule has 2 aromatic heterocycles. The van der Waals surface area contributed by atoms with Crippen molar-refractivity contribution < 1.29 is 19.2 Å². The first-order chi connectivity index (χ1) is 9.65. The van der Waals surface area contributed by atoms with Crippen LogP contribution in [0.15, 0.2) is 41.2 Å². The maximum Gasteiger partial charge on any atom is 0.328 e. The van der Waals surface area contributed by atoms with Crippen LogP contribution < -0.4 is 5.32 Å². The van der Waals surface area contributed by atoms with E-state index in [2.05, 4.69) is 15.5 Å². The van der Waals surface area contributed by atoms with Crippen LogP contribution in [-0.2, 0) is 11.3 Å². The van der Waals surface area contributed by atoms with Gasteiger partial charge in [0.05, 0.1) is 12.7 Å². The summed E-state index contributed by atoms with van der Waals surface area (Å²) in [6.07, 6.45) is 5.30. The Balaban J connectivity index is 1.95. The third-order valence-electron chi connectivity index (χ3n) is 2.35. The van der Waals surface area contributed by atoms with Crippen LogP contribution in [0.5, 0.6) is 0 Å². The molecule has 2 aromatic rings. The van der Waals surface area contributed by atoms with E-state index in [0.717, 1.165) is 6.08 Å². The molecule has 0 aliphatic carbocycles. The van der Waals surface area contributed by atoms with Gasteiger partial charge in [0.15, 0.2) is 5.76 Å². The van der Waals surface area contributed by atoms with Gasteiger partial charge in [-0.15, -0.1) is 0 Å². The summed E-state index contributed by atoms with van der Waals surface area (Å²) in [4.78, 5) is 26.1. The highest BCUT2D eigenvalue weighted by Gasteiger charge is 2.07. The van der Waals surface area contributed by atoms with Gasteiger partial charge in [-0.2, -0.15) is 0 Å². The van der Waals surface area contributed by atoms with Crippen molar-refractivity contribution in [3.05, 3.63) is 53.7 Å². The Hall–Kier alpha value is -2.96. The van der Waals surface area contributed by atoms with Crippen molar-refractivity contribution in [2.45, 2.75) is 6.54 Å². The second kappa shape index (κ2) is 6.28. The topological polar surface area (TPSA) is 105 Å². The zero-order valence-electron chi connectivity index (χ0n) is 10.3. The lowest BCUT2D eigenvalue weighted by atomic mass is 10.2. The van der Waals surface area contributed by atoms with Crippen molar-refractivity contribution in [3.8, 4) is 0 Å². The lowest BCUT2D eigenvalue weighted by molar-refractivity contribution is -0.131. The first-order valence-corrected chi connectivity index (χ1v) is 5.70. The van der Waals surface area contributed by atoms with Gasteiger partial charge in [0.1, 0.15) is 5.69 Å². The van der Waals surface area contributed by atoms with Crippen molar-refractivity contribution in [2.24, 2.45) is 0 Å². The first-order valence-electron chi connectivity index (χ1n) is 5.70. The molecule has 2 heterocycles. The van der Waals surface area contributed by atoms with Crippen molar-refractivity contribution in [1.29, 1.82) is 0 Å². The molecule has 7 heteroatoms. The highest BCUT2D eigenvalue weighted by atomic mass is 16.5. The molecule has 0 aliphatic heterocycles. The average Bonchev–Trinajstić information content (AvgIpc) is 2.96. The summed E-state index contributed by atoms with van der Waals surface area (Å²) in [5, 5.41) is 14.6. The summed E-state index contributed by atoms with van der Waals surface area (Å²) in [6, 6.07) is 4.76. The van der Waals surface area contributed by atoms with E-state index in [9.17, 15) is 9.59 Å². The van der Waals surface area contributed by atoms with E-state index in [-0.39, 0.29) is 18.1 Å². The number of carbonyl (C=O) groups excluding carboxylic acids is 1. The van der Waals surface area contributed by atoms with Crippen LogP contribution in [0, 0.1) is 0 Å². The van der Waals surface area contributed by atoms with Crippen molar-refractivity contribution in [1.82, 2.24) is 15.5 Å². The second-order valence-electron chi connectivity index (χ2n) is 3.81. The fourth-order valence-electron chi connectivity index (χ4n) is 1.40. The van der Waals surface area contributed by atoms with Crippen LogP contribution in [-0.4, -0.2) is 27.1 Å². The SMILES string of the molecule is O=C(O)/C=C/c1ccc(C(=O)NCc2ccno2)nc1. The number of aromatic nitrogens is 2. The Morgan fingerprint density at radius 3 is 2.80 bits per heavy atom. The van der Waals surface area contributed by atoms with Crippen molar-refractivity contribution in [3.63, 3.8) is 0 Å². The predicted octanol–water partition coefficient (Wildman–Crippen LogP) is 1.10. The molecule has 7 nitrogen and oxygen atoms in total. The van der Waals surface area contributed by atoms with E-state index < -0.39 is 5.97 Å². The van der Waals surface area contributed by atoms with E-state index in [1.165, 1.54) is 24.5 Å².